The zero-order valence-electron chi connectivity index (χ0n) is 12.2. The minimum atomic E-state index is -0.976. The number of halogens is 1. The summed E-state index contributed by atoms with van der Waals surface area (Å²) in [5.41, 5.74) is 0.190. The Morgan fingerprint density at radius 3 is 2.62 bits per heavy atom. The third-order valence-corrected chi connectivity index (χ3v) is 4.33. The van der Waals surface area contributed by atoms with E-state index in [1.165, 1.54) is 38.2 Å². The van der Waals surface area contributed by atoms with Crippen molar-refractivity contribution in [3.05, 3.63) is 22.2 Å². The molecule has 0 amide bonds. The average molecular weight is 357 g/mol. The molecule has 1 aromatic rings. The van der Waals surface area contributed by atoms with E-state index in [0.717, 1.165) is 0 Å². The highest BCUT2D eigenvalue weighted by Crippen LogP contribution is 2.38. The van der Waals surface area contributed by atoms with E-state index in [-0.39, 0.29) is 5.56 Å². The standard InChI is InChI=1S/C16H21BrO4/c1-2-20-14-9-12(16(18)19)8-13(17)15(14)21-10-11-6-4-3-5-7-11/h8-9,11H,2-7,10H2,1H3,(H,18,19). The summed E-state index contributed by atoms with van der Waals surface area (Å²) >= 11 is 3.39. The van der Waals surface area contributed by atoms with Gasteiger partial charge in [0.1, 0.15) is 0 Å². The van der Waals surface area contributed by atoms with E-state index in [2.05, 4.69) is 15.9 Å². The molecule has 1 aliphatic carbocycles. The van der Waals surface area contributed by atoms with Crippen LogP contribution in [0.3, 0.4) is 0 Å². The summed E-state index contributed by atoms with van der Waals surface area (Å²) in [4.78, 5) is 11.1. The van der Waals surface area contributed by atoms with E-state index in [4.69, 9.17) is 14.6 Å². The van der Waals surface area contributed by atoms with Crippen LogP contribution in [0.4, 0.5) is 0 Å². The molecule has 1 aromatic carbocycles. The maximum Gasteiger partial charge on any atom is 0.335 e. The van der Waals surface area contributed by atoms with E-state index in [9.17, 15) is 4.79 Å². The summed E-state index contributed by atoms with van der Waals surface area (Å²) in [5.74, 6) is 0.697. The number of carboxylic acids is 1. The van der Waals surface area contributed by atoms with Gasteiger partial charge in [-0.3, -0.25) is 0 Å². The molecule has 0 aromatic heterocycles. The Hall–Kier alpha value is -1.23. The number of hydrogen-bond acceptors (Lipinski definition) is 3. The quantitative estimate of drug-likeness (QED) is 0.814. The average Bonchev–Trinajstić information content (AvgIpc) is 2.47. The maximum atomic E-state index is 11.1. The van der Waals surface area contributed by atoms with Crippen LogP contribution in [-0.4, -0.2) is 24.3 Å². The fraction of sp³-hybridized carbons (Fsp3) is 0.562. The first-order chi connectivity index (χ1) is 10.1. The van der Waals surface area contributed by atoms with Crippen LogP contribution in [-0.2, 0) is 0 Å². The Kier molecular flexibility index (Phi) is 5.91. The van der Waals surface area contributed by atoms with Crippen molar-refractivity contribution >= 4 is 21.9 Å². The lowest BCUT2D eigenvalue weighted by Gasteiger charge is -2.23. The Morgan fingerprint density at radius 1 is 1.29 bits per heavy atom. The molecule has 0 heterocycles. The third-order valence-electron chi connectivity index (χ3n) is 3.74. The van der Waals surface area contributed by atoms with Gasteiger partial charge in [0.25, 0.3) is 0 Å². The predicted molar refractivity (Wildman–Crippen MR) is 84.3 cm³/mol. The van der Waals surface area contributed by atoms with Gasteiger partial charge in [0.05, 0.1) is 23.2 Å². The number of benzene rings is 1. The van der Waals surface area contributed by atoms with Gasteiger partial charge in [-0.25, -0.2) is 4.79 Å². The molecule has 2 rings (SSSR count). The second-order valence-electron chi connectivity index (χ2n) is 5.34. The molecule has 116 valence electrons. The van der Waals surface area contributed by atoms with Crippen molar-refractivity contribution < 1.29 is 19.4 Å². The van der Waals surface area contributed by atoms with E-state index < -0.39 is 5.97 Å². The zero-order valence-corrected chi connectivity index (χ0v) is 13.8. The summed E-state index contributed by atoms with van der Waals surface area (Å²) in [6.45, 7) is 2.99. The van der Waals surface area contributed by atoms with Crippen LogP contribution in [0.15, 0.2) is 16.6 Å². The number of ether oxygens (including phenoxy) is 2. The van der Waals surface area contributed by atoms with Gasteiger partial charge < -0.3 is 14.6 Å². The fourth-order valence-corrected chi connectivity index (χ4v) is 3.21. The highest BCUT2D eigenvalue weighted by atomic mass is 79.9. The SMILES string of the molecule is CCOc1cc(C(=O)O)cc(Br)c1OCC1CCCCC1. The third kappa shape index (κ3) is 4.37. The van der Waals surface area contributed by atoms with Gasteiger partial charge in [-0.15, -0.1) is 0 Å². The lowest BCUT2D eigenvalue weighted by atomic mass is 9.90. The van der Waals surface area contributed by atoms with Gasteiger partial charge in [0, 0.05) is 0 Å². The van der Waals surface area contributed by atoms with Crippen LogP contribution in [0.5, 0.6) is 11.5 Å². The first-order valence-electron chi connectivity index (χ1n) is 7.44. The van der Waals surface area contributed by atoms with Gasteiger partial charge >= 0.3 is 5.97 Å². The molecule has 5 heteroatoms. The van der Waals surface area contributed by atoms with Crippen LogP contribution < -0.4 is 9.47 Å². The number of aromatic carboxylic acids is 1. The maximum absolute atomic E-state index is 11.1. The van der Waals surface area contributed by atoms with E-state index in [1.807, 2.05) is 6.92 Å². The van der Waals surface area contributed by atoms with Crippen LogP contribution in [0, 0.1) is 5.92 Å². The second-order valence-corrected chi connectivity index (χ2v) is 6.19. The molecule has 1 saturated carbocycles. The summed E-state index contributed by atoms with van der Waals surface area (Å²) in [5, 5.41) is 9.11. The minimum Gasteiger partial charge on any atom is -0.490 e. The van der Waals surface area contributed by atoms with Crippen molar-refractivity contribution in [1.82, 2.24) is 0 Å². The van der Waals surface area contributed by atoms with Crippen molar-refractivity contribution in [3.8, 4) is 11.5 Å². The van der Waals surface area contributed by atoms with Crippen molar-refractivity contribution in [2.45, 2.75) is 39.0 Å². The number of hydrogen-bond donors (Lipinski definition) is 1. The largest absolute Gasteiger partial charge is 0.490 e. The lowest BCUT2D eigenvalue weighted by molar-refractivity contribution is 0.0696. The fourth-order valence-electron chi connectivity index (χ4n) is 2.65. The summed E-state index contributed by atoms with van der Waals surface area (Å²) in [7, 11) is 0. The van der Waals surface area contributed by atoms with E-state index in [0.29, 0.717) is 35.1 Å². The van der Waals surface area contributed by atoms with E-state index in [1.54, 1.807) is 6.07 Å². The van der Waals surface area contributed by atoms with Gasteiger partial charge in [-0.1, -0.05) is 19.3 Å². The normalized spacial score (nSPS) is 15.7. The molecule has 0 unspecified atom stereocenters. The highest BCUT2D eigenvalue weighted by molar-refractivity contribution is 9.10. The highest BCUT2D eigenvalue weighted by Gasteiger charge is 2.19. The Morgan fingerprint density at radius 2 is 2.00 bits per heavy atom. The van der Waals surface area contributed by atoms with Crippen LogP contribution >= 0.6 is 15.9 Å². The molecule has 0 radical (unpaired) electrons. The van der Waals surface area contributed by atoms with Crippen molar-refractivity contribution in [3.63, 3.8) is 0 Å². The smallest absolute Gasteiger partial charge is 0.335 e. The lowest BCUT2D eigenvalue weighted by Crippen LogP contribution is -2.16. The number of carboxylic acid groups (broad SMARTS) is 1. The van der Waals surface area contributed by atoms with Gasteiger partial charge in [-0.05, 0) is 53.7 Å². The van der Waals surface area contributed by atoms with Crippen molar-refractivity contribution in [2.75, 3.05) is 13.2 Å². The zero-order chi connectivity index (χ0) is 15.2. The monoisotopic (exact) mass is 356 g/mol. The van der Waals surface area contributed by atoms with Gasteiger partial charge in [0.15, 0.2) is 11.5 Å². The van der Waals surface area contributed by atoms with E-state index >= 15 is 0 Å². The topological polar surface area (TPSA) is 55.8 Å². The molecule has 1 fully saturated rings. The summed E-state index contributed by atoms with van der Waals surface area (Å²) in [6.07, 6.45) is 6.26. The summed E-state index contributed by atoms with van der Waals surface area (Å²) in [6, 6.07) is 3.08. The molecular weight excluding hydrogens is 336 g/mol. The molecule has 0 saturated heterocycles. The number of carbonyl (C=O) groups is 1. The van der Waals surface area contributed by atoms with Crippen LogP contribution in [0.2, 0.25) is 0 Å². The number of rotatable bonds is 6. The van der Waals surface area contributed by atoms with Gasteiger partial charge in [0.2, 0.25) is 0 Å². The van der Waals surface area contributed by atoms with Gasteiger partial charge in [-0.2, -0.15) is 0 Å². The predicted octanol–water partition coefficient (Wildman–Crippen LogP) is 4.51. The summed E-state index contributed by atoms with van der Waals surface area (Å²) < 4.78 is 12.1. The second kappa shape index (κ2) is 7.69. The van der Waals surface area contributed by atoms with Crippen molar-refractivity contribution in [2.24, 2.45) is 5.92 Å². The Bertz CT molecular complexity index is 495. The van der Waals surface area contributed by atoms with Crippen LogP contribution in [0.25, 0.3) is 0 Å². The molecule has 1 aliphatic rings. The van der Waals surface area contributed by atoms with Crippen molar-refractivity contribution in [1.29, 1.82) is 0 Å². The molecule has 21 heavy (non-hydrogen) atoms. The molecule has 0 bridgehead atoms. The Labute approximate surface area is 133 Å². The molecule has 4 nitrogen and oxygen atoms in total. The first-order valence-corrected chi connectivity index (χ1v) is 8.23. The molecule has 0 spiro atoms. The first kappa shape index (κ1) is 16.1. The molecule has 0 aliphatic heterocycles. The minimum absolute atomic E-state index is 0.190. The molecular formula is C16H21BrO4. The molecule has 1 N–H and O–H groups in total. The Balaban J connectivity index is 2.14. The van der Waals surface area contributed by atoms with Crippen LogP contribution in [0.1, 0.15) is 49.4 Å². The molecule has 0 atom stereocenters.